The van der Waals surface area contributed by atoms with Gasteiger partial charge >= 0.3 is 0 Å². The van der Waals surface area contributed by atoms with Crippen molar-refractivity contribution in [2.24, 2.45) is 5.92 Å². The van der Waals surface area contributed by atoms with E-state index in [9.17, 15) is 0 Å². The Morgan fingerprint density at radius 1 is 1.29 bits per heavy atom. The molecule has 1 rings (SSSR count). The molecule has 0 aliphatic heterocycles. The van der Waals surface area contributed by atoms with Crippen LogP contribution in [0.2, 0.25) is 5.02 Å². The van der Waals surface area contributed by atoms with Crippen LogP contribution in [0.1, 0.15) is 45.2 Å². The van der Waals surface area contributed by atoms with E-state index in [0.29, 0.717) is 6.04 Å². The van der Waals surface area contributed by atoms with Gasteiger partial charge < -0.3 is 5.32 Å². The summed E-state index contributed by atoms with van der Waals surface area (Å²) in [7, 11) is 0. The third-order valence-corrected chi connectivity index (χ3v) is 4.06. The van der Waals surface area contributed by atoms with Crippen LogP contribution in [0.15, 0.2) is 22.7 Å². The molecule has 1 unspecified atom stereocenters. The van der Waals surface area contributed by atoms with Gasteiger partial charge in [0, 0.05) is 10.5 Å². The molecule has 0 saturated carbocycles. The highest BCUT2D eigenvalue weighted by atomic mass is 79.9. The predicted molar refractivity (Wildman–Crippen MR) is 79.6 cm³/mol. The van der Waals surface area contributed by atoms with Crippen LogP contribution in [-0.2, 0) is 0 Å². The third kappa shape index (κ3) is 4.99. The third-order valence-electron chi connectivity index (χ3n) is 2.83. The van der Waals surface area contributed by atoms with Crippen molar-refractivity contribution < 1.29 is 0 Å². The van der Waals surface area contributed by atoms with E-state index >= 15 is 0 Å². The molecule has 0 bridgehead atoms. The summed E-state index contributed by atoms with van der Waals surface area (Å²) in [4.78, 5) is 0. The van der Waals surface area contributed by atoms with Crippen LogP contribution in [0, 0.1) is 5.92 Å². The van der Waals surface area contributed by atoms with Gasteiger partial charge in [-0.2, -0.15) is 0 Å². The smallest absolute Gasteiger partial charge is 0.0551 e. The van der Waals surface area contributed by atoms with Gasteiger partial charge in [-0.25, -0.2) is 0 Å². The van der Waals surface area contributed by atoms with Crippen LogP contribution < -0.4 is 5.32 Å². The lowest BCUT2D eigenvalue weighted by Crippen LogP contribution is -2.21. The molecular formula is C14H21BrClN. The number of halogens is 2. The predicted octanol–water partition coefficient (Wildman–Crippen LogP) is 5.19. The van der Waals surface area contributed by atoms with Gasteiger partial charge in [0.2, 0.25) is 0 Å². The highest BCUT2D eigenvalue weighted by molar-refractivity contribution is 9.10. The maximum Gasteiger partial charge on any atom is 0.0551 e. The average molecular weight is 319 g/mol. The van der Waals surface area contributed by atoms with E-state index in [1.54, 1.807) is 0 Å². The number of hydrogen-bond donors (Lipinski definition) is 1. The minimum Gasteiger partial charge on any atom is -0.310 e. The zero-order valence-electron chi connectivity index (χ0n) is 10.8. The van der Waals surface area contributed by atoms with E-state index in [0.717, 1.165) is 28.4 Å². The number of benzene rings is 1. The van der Waals surface area contributed by atoms with Crippen molar-refractivity contribution in [2.45, 2.75) is 39.7 Å². The van der Waals surface area contributed by atoms with Crippen molar-refractivity contribution in [1.29, 1.82) is 0 Å². The summed E-state index contributed by atoms with van der Waals surface area (Å²) in [5, 5.41) is 4.31. The quantitative estimate of drug-likeness (QED) is 0.761. The molecule has 0 heterocycles. The van der Waals surface area contributed by atoms with Gasteiger partial charge in [-0.15, -0.1) is 0 Å². The van der Waals surface area contributed by atoms with E-state index in [2.05, 4.69) is 54.2 Å². The molecule has 0 aromatic heterocycles. The molecule has 96 valence electrons. The van der Waals surface area contributed by atoms with Crippen molar-refractivity contribution in [3.63, 3.8) is 0 Å². The first kappa shape index (κ1) is 15.0. The fraction of sp³-hybridized carbons (Fsp3) is 0.571. The minimum atomic E-state index is 0.410. The fourth-order valence-electron chi connectivity index (χ4n) is 1.86. The Labute approximate surface area is 118 Å². The SMILES string of the molecule is CCNC(CCC(C)C)c1ccc(Br)c(Cl)c1. The highest BCUT2D eigenvalue weighted by Crippen LogP contribution is 2.28. The Bertz CT molecular complexity index is 352. The molecule has 0 spiro atoms. The average Bonchev–Trinajstić information content (AvgIpc) is 2.28. The molecule has 1 nitrogen and oxygen atoms in total. The zero-order chi connectivity index (χ0) is 12.8. The molecule has 3 heteroatoms. The van der Waals surface area contributed by atoms with Gasteiger partial charge in [-0.05, 0) is 58.9 Å². The van der Waals surface area contributed by atoms with Gasteiger partial charge in [0.05, 0.1) is 5.02 Å². The Balaban J connectivity index is 2.77. The maximum atomic E-state index is 6.15. The molecular weight excluding hydrogens is 298 g/mol. The summed E-state index contributed by atoms with van der Waals surface area (Å²) in [5.41, 5.74) is 1.28. The number of nitrogens with one attached hydrogen (secondary N) is 1. The topological polar surface area (TPSA) is 12.0 Å². The molecule has 0 amide bonds. The number of rotatable bonds is 6. The van der Waals surface area contributed by atoms with E-state index in [-0.39, 0.29) is 0 Å². The molecule has 1 N–H and O–H groups in total. The second kappa shape index (κ2) is 7.40. The van der Waals surface area contributed by atoms with Crippen molar-refractivity contribution >= 4 is 27.5 Å². The summed E-state index contributed by atoms with van der Waals surface area (Å²) >= 11 is 9.57. The van der Waals surface area contributed by atoms with Gasteiger partial charge in [-0.1, -0.05) is 38.4 Å². The summed E-state index contributed by atoms with van der Waals surface area (Å²) in [6.07, 6.45) is 2.38. The highest BCUT2D eigenvalue weighted by Gasteiger charge is 2.12. The Hall–Kier alpha value is -0.0500. The van der Waals surface area contributed by atoms with E-state index in [1.807, 2.05) is 6.07 Å². The minimum absolute atomic E-state index is 0.410. The molecule has 1 atom stereocenters. The summed E-state index contributed by atoms with van der Waals surface area (Å²) in [6, 6.07) is 6.63. The van der Waals surface area contributed by atoms with Gasteiger partial charge in [0.15, 0.2) is 0 Å². The molecule has 0 aliphatic rings. The molecule has 1 aromatic rings. The molecule has 0 saturated heterocycles. The van der Waals surface area contributed by atoms with E-state index in [1.165, 1.54) is 12.0 Å². The van der Waals surface area contributed by atoms with Crippen LogP contribution in [0.3, 0.4) is 0 Å². The standard InChI is InChI=1S/C14H21BrClN/c1-4-17-14(8-5-10(2)3)11-6-7-12(15)13(16)9-11/h6-7,9-10,14,17H,4-5,8H2,1-3H3. The van der Waals surface area contributed by atoms with E-state index < -0.39 is 0 Å². The monoisotopic (exact) mass is 317 g/mol. The fourth-order valence-corrected chi connectivity index (χ4v) is 2.30. The van der Waals surface area contributed by atoms with Crippen molar-refractivity contribution in [2.75, 3.05) is 6.54 Å². The van der Waals surface area contributed by atoms with Crippen LogP contribution >= 0.6 is 27.5 Å². The summed E-state index contributed by atoms with van der Waals surface area (Å²) in [5.74, 6) is 0.738. The lowest BCUT2D eigenvalue weighted by Gasteiger charge is -2.20. The van der Waals surface area contributed by atoms with E-state index in [4.69, 9.17) is 11.6 Å². The van der Waals surface area contributed by atoms with Crippen molar-refractivity contribution in [3.05, 3.63) is 33.3 Å². The maximum absolute atomic E-state index is 6.15. The van der Waals surface area contributed by atoms with Crippen LogP contribution in [0.5, 0.6) is 0 Å². The normalized spacial score (nSPS) is 13.1. The van der Waals surface area contributed by atoms with Gasteiger partial charge in [0.25, 0.3) is 0 Å². The summed E-state index contributed by atoms with van der Waals surface area (Å²) in [6.45, 7) is 7.65. The van der Waals surface area contributed by atoms with Gasteiger partial charge in [-0.3, -0.25) is 0 Å². The van der Waals surface area contributed by atoms with Crippen LogP contribution in [0.25, 0.3) is 0 Å². The molecule has 0 fully saturated rings. The first-order valence-electron chi connectivity index (χ1n) is 6.23. The molecule has 0 radical (unpaired) electrons. The second-order valence-electron chi connectivity index (χ2n) is 4.76. The van der Waals surface area contributed by atoms with Crippen molar-refractivity contribution in [3.8, 4) is 0 Å². The first-order chi connectivity index (χ1) is 8.04. The Kier molecular flexibility index (Phi) is 6.53. The lowest BCUT2D eigenvalue weighted by molar-refractivity contribution is 0.448. The van der Waals surface area contributed by atoms with Crippen LogP contribution in [0.4, 0.5) is 0 Å². The largest absolute Gasteiger partial charge is 0.310 e. The Morgan fingerprint density at radius 3 is 2.53 bits per heavy atom. The van der Waals surface area contributed by atoms with Gasteiger partial charge in [0.1, 0.15) is 0 Å². The zero-order valence-corrected chi connectivity index (χ0v) is 13.1. The first-order valence-corrected chi connectivity index (χ1v) is 7.40. The Morgan fingerprint density at radius 2 is 2.00 bits per heavy atom. The second-order valence-corrected chi connectivity index (χ2v) is 6.02. The lowest BCUT2D eigenvalue weighted by atomic mass is 9.97. The molecule has 1 aromatic carbocycles. The molecule has 17 heavy (non-hydrogen) atoms. The van der Waals surface area contributed by atoms with Crippen molar-refractivity contribution in [1.82, 2.24) is 5.32 Å². The molecule has 0 aliphatic carbocycles. The number of hydrogen-bond acceptors (Lipinski definition) is 1. The summed E-state index contributed by atoms with van der Waals surface area (Å²) < 4.78 is 0.960. The van der Waals surface area contributed by atoms with Crippen LogP contribution in [-0.4, -0.2) is 6.54 Å².